The van der Waals surface area contributed by atoms with Gasteiger partial charge in [0.1, 0.15) is 0 Å². The fraction of sp³-hybridized carbons (Fsp3) is 0.560. The molecule has 5 aliphatic rings. The number of rotatable bonds is 3. The van der Waals surface area contributed by atoms with Crippen LogP contribution in [0.15, 0.2) is 48.8 Å². The number of carbonyl (C=O) groups excluding carboxylic acids is 1. The first-order valence-electron chi connectivity index (χ1n) is 11.5. The van der Waals surface area contributed by atoms with E-state index in [1.807, 2.05) is 6.07 Å². The molecule has 5 nitrogen and oxygen atoms in total. The lowest BCUT2D eigenvalue weighted by Gasteiger charge is -2.62. The molecule has 0 unspecified atom stereocenters. The summed E-state index contributed by atoms with van der Waals surface area (Å²) in [6.07, 6.45) is 10.7. The van der Waals surface area contributed by atoms with Crippen LogP contribution in [-0.4, -0.2) is 47.0 Å². The Labute approximate surface area is 178 Å². The highest BCUT2D eigenvalue weighted by atomic mass is 16.2. The molecule has 0 radical (unpaired) electrons. The summed E-state index contributed by atoms with van der Waals surface area (Å²) >= 11 is 0. The Morgan fingerprint density at radius 1 is 0.867 bits per heavy atom. The van der Waals surface area contributed by atoms with Crippen LogP contribution in [0, 0.1) is 17.3 Å². The number of hydrogen-bond donors (Lipinski definition) is 0. The summed E-state index contributed by atoms with van der Waals surface area (Å²) < 4.78 is 0. The van der Waals surface area contributed by atoms with E-state index in [4.69, 9.17) is 0 Å². The van der Waals surface area contributed by atoms with Gasteiger partial charge in [-0.25, -0.2) is 9.97 Å². The molecule has 156 valence electrons. The van der Waals surface area contributed by atoms with E-state index < -0.39 is 0 Å². The molecule has 5 fully saturated rings. The van der Waals surface area contributed by atoms with E-state index in [0.717, 1.165) is 63.2 Å². The van der Waals surface area contributed by atoms with Gasteiger partial charge in [-0.15, -0.1) is 0 Å². The van der Waals surface area contributed by atoms with Crippen molar-refractivity contribution in [3.8, 4) is 0 Å². The van der Waals surface area contributed by atoms with Crippen LogP contribution in [0.3, 0.4) is 0 Å². The van der Waals surface area contributed by atoms with Gasteiger partial charge in [0.2, 0.25) is 11.9 Å². The van der Waals surface area contributed by atoms with Crippen molar-refractivity contribution < 1.29 is 4.79 Å². The SMILES string of the molecule is O=C(N1CCN(c2ncccn2)CC1)C12C[C@@H]3C[C@@H](C1)CC(c1ccccc1)(C3)C2. The molecule has 2 aromatic rings. The number of nitrogens with zero attached hydrogens (tertiary/aromatic N) is 4. The van der Waals surface area contributed by atoms with E-state index >= 15 is 0 Å². The maximum Gasteiger partial charge on any atom is 0.228 e. The molecule has 1 aliphatic heterocycles. The van der Waals surface area contributed by atoms with E-state index in [2.05, 4.69) is 50.1 Å². The molecule has 1 aromatic carbocycles. The Morgan fingerprint density at radius 3 is 2.20 bits per heavy atom. The minimum atomic E-state index is -0.134. The summed E-state index contributed by atoms with van der Waals surface area (Å²) in [6.45, 7) is 3.21. The lowest BCUT2D eigenvalue weighted by molar-refractivity contribution is -0.160. The third-order valence-corrected chi connectivity index (χ3v) is 8.30. The third kappa shape index (κ3) is 2.85. The molecule has 1 saturated heterocycles. The molecule has 4 bridgehead atoms. The summed E-state index contributed by atoms with van der Waals surface area (Å²) in [7, 11) is 0. The molecular formula is C25H30N4O. The summed E-state index contributed by atoms with van der Waals surface area (Å²) in [4.78, 5) is 27.1. The normalized spacial score (nSPS) is 34.9. The molecule has 5 heteroatoms. The van der Waals surface area contributed by atoms with Crippen LogP contribution in [0.2, 0.25) is 0 Å². The second-order valence-corrected chi connectivity index (χ2v) is 10.2. The van der Waals surface area contributed by atoms with Crippen molar-refractivity contribution in [2.24, 2.45) is 17.3 Å². The highest BCUT2D eigenvalue weighted by Gasteiger charge is 2.61. The van der Waals surface area contributed by atoms with Gasteiger partial charge >= 0.3 is 0 Å². The van der Waals surface area contributed by atoms with Crippen molar-refractivity contribution in [3.63, 3.8) is 0 Å². The Kier molecular flexibility index (Phi) is 4.15. The molecule has 2 atom stereocenters. The molecule has 0 N–H and O–H groups in total. The number of hydrogen-bond acceptors (Lipinski definition) is 4. The number of piperazine rings is 1. The second kappa shape index (κ2) is 6.79. The van der Waals surface area contributed by atoms with E-state index in [1.54, 1.807) is 12.4 Å². The first-order chi connectivity index (χ1) is 14.7. The predicted octanol–water partition coefficient (Wildman–Crippen LogP) is 3.66. The van der Waals surface area contributed by atoms with Gasteiger partial charge in [0.25, 0.3) is 0 Å². The summed E-state index contributed by atoms with van der Waals surface area (Å²) in [5.74, 6) is 2.65. The Bertz CT molecular complexity index is 909. The van der Waals surface area contributed by atoms with Crippen LogP contribution in [0.4, 0.5) is 5.95 Å². The van der Waals surface area contributed by atoms with Crippen LogP contribution in [0.1, 0.15) is 44.1 Å². The molecule has 0 spiro atoms. The molecule has 7 rings (SSSR count). The number of amides is 1. The van der Waals surface area contributed by atoms with Gasteiger partial charge in [-0.3, -0.25) is 4.79 Å². The van der Waals surface area contributed by atoms with Crippen LogP contribution in [0.25, 0.3) is 0 Å². The summed E-state index contributed by atoms with van der Waals surface area (Å²) in [6, 6.07) is 12.9. The highest BCUT2D eigenvalue weighted by Crippen LogP contribution is 2.66. The zero-order valence-electron chi connectivity index (χ0n) is 17.5. The van der Waals surface area contributed by atoms with Gasteiger partial charge in [-0.1, -0.05) is 30.3 Å². The molecule has 1 aromatic heterocycles. The van der Waals surface area contributed by atoms with E-state index in [9.17, 15) is 4.79 Å². The topological polar surface area (TPSA) is 49.3 Å². The molecule has 4 saturated carbocycles. The molecule has 1 amide bonds. The van der Waals surface area contributed by atoms with Crippen LogP contribution in [-0.2, 0) is 10.2 Å². The molecule has 4 aliphatic carbocycles. The van der Waals surface area contributed by atoms with E-state index in [0.29, 0.717) is 5.91 Å². The predicted molar refractivity (Wildman–Crippen MR) is 116 cm³/mol. The van der Waals surface area contributed by atoms with Gasteiger partial charge in [0, 0.05) is 38.6 Å². The van der Waals surface area contributed by atoms with E-state index in [1.165, 1.54) is 24.8 Å². The zero-order valence-corrected chi connectivity index (χ0v) is 17.5. The van der Waals surface area contributed by atoms with Gasteiger partial charge < -0.3 is 9.80 Å². The fourth-order valence-corrected chi connectivity index (χ4v) is 7.54. The van der Waals surface area contributed by atoms with Crippen LogP contribution in [0.5, 0.6) is 0 Å². The minimum Gasteiger partial charge on any atom is -0.339 e. The van der Waals surface area contributed by atoms with Crippen molar-refractivity contribution in [1.82, 2.24) is 14.9 Å². The van der Waals surface area contributed by atoms with Crippen LogP contribution < -0.4 is 4.90 Å². The monoisotopic (exact) mass is 402 g/mol. The van der Waals surface area contributed by atoms with Crippen molar-refractivity contribution in [1.29, 1.82) is 0 Å². The van der Waals surface area contributed by atoms with Crippen LogP contribution >= 0.6 is 0 Å². The number of anilines is 1. The average Bonchev–Trinajstić information content (AvgIpc) is 2.79. The first kappa shape index (κ1) is 18.3. The Balaban J connectivity index is 1.23. The largest absolute Gasteiger partial charge is 0.339 e. The maximum atomic E-state index is 13.9. The number of aromatic nitrogens is 2. The summed E-state index contributed by atoms with van der Waals surface area (Å²) in [5.41, 5.74) is 1.56. The number of benzene rings is 1. The second-order valence-electron chi connectivity index (χ2n) is 10.2. The zero-order chi connectivity index (χ0) is 20.2. The lowest BCUT2D eigenvalue weighted by atomic mass is 9.42. The van der Waals surface area contributed by atoms with Crippen molar-refractivity contribution in [3.05, 3.63) is 54.4 Å². The highest BCUT2D eigenvalue weighted by molar-refractivity contribution is 5.84. The molecule has 2 heterocycles. The summed E-state index contributed by atoms with van der Waals surface area (Å²) in [5, 5.41) is 0. The van der Waals surface area contributed by atoms with Gasteiger partial charge in [0.15, 0.2) is 0 Å². The smallest absolute Gasteiger partial charge is 0.228 e. The first-order valence-corrected chi connectivity index (χ1v) is 11.5. The molecule has 30 heavy (non-hydrogen) atoms. The average molecular weight is 403 g/mol. The van der Waals surface area contributed by atoms with E-state index in [-0.39, 0.29) is 10.8 Å². The Morgan fingerprint density at radius 2 is 1.53 bits per heavy atom. The van der Waals surface area contributed by atoms with Gasteiger partial charge in [-0.05, 0) is 67.4 Å². The van der Waals surface area contributed by atoms with Gasteiger partial charge in [-0.2, -0.15) is 0 Å². The number of carbonyl (C=O) groups is 1. The maximum absolute atomic E-state index is 13.9. The lowest BCUT2D eigenvalue weighted by Crippen LogP contribution is -2.61. The fourth-order valence-electron chi connectivity index (χ4n) is 7.54. The van der Waals surface area contributed by atoms with Gasteiger partial charge in [0.05, 0.1) is 5.41 Å². The standard InChI is InChI=1S/C25H30N4O/c30-22(28-9-11-29(12-10-28)23-26-7-4-8-27-23)25-16-19-13-20(17-25)15-24(14-19,18-25)21-5-2-1-3-6-21/h1-8,19-20H,9-18H2/t19-,20-,24?,25?/m1/s1. The van der Waals surface area contributed by atoms with Crippen molar-refractivity contribution >= 4 is 11.9 Å². The molecular weight excluding hydrogens is 372 g/mol. The quantitative estimate of drug-likeness (QED) is 0.786. The van der Waals surface area contributed by atoms with Crippen molar-refractivity contribution in [2.45, 2.75) is 43.9 Å². The van der Waals surface area contributed by atoms with Crippen molar-refractivity contribution in [2.75, 3.05) is 31.1 Å². The third-order valence-electron chi connectivity index (χ3n) is 8.30. The minimum absolute atomic E-state index is 0.134. The Hall–Kier alpha value is -2.43.